The molecule has 0 spiro atoms. The van der Waals surface area contributed by atoms with Crippen molar-refractivity contribution in [1.29, 1.82) is 0 Å². The number of nitrogens with two attached hydrogens (primary N) is 1. The first-order valence-electron chi connectivity index (χ1n) is 10.9. The maximum atomic E-state index is 12.9. The molecule has 4 heterocycles. The second kappa shape index (κ2) is 8.23. The molecule has 5 rings (SSSR count). The third-order valence-corrected chi connectivity index (χ3v) is 11.8. The number of amides is 1. The zero-order valence-electron chi connectivity index (χ0n) is 17.9. The van der Waals surface area contributed by atoms with Gasteiger partial charge in [0.25, 0.3) is 15.9 Å². The molecular weight excluding hydrogens is 482 g/mol. The standard InChI is InChI=1S/C22H25N3O5S3/c23-22(26)17-12-15(19-3-4-20(31-19)33(29,30)25-7-1-2-8-25)11-16-18(13-24-21(16)17)14-5-9-32(27,28)10-6-14/h3-4,11-14,24H,1-2,5-10H2,(H2,23,26). The van der Waals surface area contributed by atoms with Crippen molar-refractivity contribution in [1.82, 2.24) is 9.29 Å². The number of carbonyl (C=O) groups is 1. The van der Waals surface area contributed by atoms with Crippen LogP contribution in [0.2, 0.25) is 0 Å². The molecule has 0 saturated carbocycles. The number of rotatable bonds is 5. The van der Waals surface area contributed by atoms with Gasteiger partial charge in [-0.15, -0.1) is 11.3 Å². The van der Waals surface area contributed by atoms with E-state index in [9.17, 15) is 21.6 Å². The summed E-state index contributed by atoms with van der Waals surface area (Å²) >= 11 is 1.18. The minimum atomic E-state index is -3.52. The molecule has 1 aromatic carbocycles. The lowest BCUT2D eigenvalue weighted by molar-refractivity contribution is 0.100. The largest absolute Gasteiger partial charge is 0.366 e. The number of aromatic nitrogens is 1. The van der Waals surface area contributed by atoms with E-state index in [1.54, 1.807) is 18.2 Å². The van der Waals surface area contributed by atoms with E-state index in [4.69, 9.17) is 5.73 Å². The van der Waals surface area contributed by atoms with Crippen LogP contribution in [-0.4, -0.2) is 56.6 Å². The molecule has 0 bridgehead atoms. The molecule has 3 aromatic rings. The Hall–Kier alpha value is -2.21. The number of H-pyrrole nitrogens is 1. The van der Waals surface area contributed by atoms with E-state index >= 15 is 0 Å². The maximum absolute atomic E-state index is 12.9. The first-order chi connectivity index (χ1) is 15.7. The molecule has 2 aliphatic rings. The average molecular weight is 508 g/mol. The monoisotopic (exact) mass is 507 g/mol. The number of thiophene rings is 1. The zero-order chi connectivity index (χ0) is 23.4. The Kier molecular flexibility index (Phi) is 5.63. The van der Waals surface area contributed by atoms with E-state index in [2.05, 4.69) is 4.98 Å². The lowest BCUT2D eigenvalue weighted by Crippen LogP contribution is -2.27. The molecular formula is C22H25N3O5S3. The van der Waals surface area contributed by atoms with Gasteiger partial charge in [0.1, 0.15) is 14.0 Å². The molecule has 2 saturated heterocycles. The summed E-state index contributed by atoms with van der Waals surface area (Å²) in [6.07, 6.45) is 4.64. The van der Waals surface area contributed by atoms with E-state index in [1.807, 2.05) is 12.3 Å². The fourth-order valence-corrected chi connectivity index (χ4v) is 9.25. The van der Waals surface area contributed by atoms with Gasteiger partial charge in [-0.2, -0.15) is 4.31 Å². The van der Waals surface area contributed by atoms with Crippen LogP contribution in [0.15, 0.2) is 34.7 Å². The fourth-order valence-electron chi connectivity index (χ4n) is 4.80. The van der Waals surface area contributed by atoms with Gasteiger partial charge in [0.05, 0.1) is 22.6 Å². The molecule has 2 aliphatic heterocycles. The third-order valence-electron chi connectivity index (χ3n) is 6.61. The summed E-state index contributed by atoms with van der Waals surface area (Å²) in [4.78, 5) is 16.1. The Morgan fingerprint density at radius 1 is 1.12 bits per heavy atom. The highest BCUT2D eigenvalue weighted by Gasteiger charge is 2.30. The summed E-state index contributed by atoms with van der Waals surface area (Å²) in [5.41, 5.74) is 8.30. The van der Waals surface area contributed by atoms with Crippen LogP contribution in [0.5, 0.6) is 0 Å². The van der Waals surface area contributed by atoms with Gasteiger partial charge < -0.3 is 10.7 Å². The Morgan fingerprint density at radius 2 is 1.82 bits per heavy atom. The first-order valence-corrected chi connectivity index (χ1v) is 15.0. The van der Waals surface area contributed by atoms with Crippen LogP contribution >= 0.6 is 11.3 Å². The number of benzene rings is 1. The van der Waals surface area contributed by atoms with E-state index in [-0.39, 0.29) is 21.6 Å². The summed E-state index contributed by atoms with van der Waals surface area (Å²) < 4.78 is 51.4. The summed E-state index contributed by atoms with van der Waals surface area (Å²) in [5, 5.41) is 0.822. The highest BCUT2D eigenvalue weighted by molar-refractivity contribution is 7.91. The maximum Gasteiger partial charge on any atom is 0.252 e. The number of fused-ring (bicyclic) bond motifs is 1. The molecule has 176 valence electrons. The Balaban J connectivity index is 1.57. The predicted octanol–water partition coefficient (Wildman–Crippen LogP) is 3.07. The predicted molar refractivity (Wildman–Crippen MR) is 129 cm³/mol. The molecule has 8 nitrogen and oxygen atoms in total. The number of nitrogens with zero attached hydrogens (tertiary/aromatic N) is 1. The number of primary amides is 1. The topological polar surface area (TPSA) is 130 Å². The van der Waals surface area contributed by atoms with Gasteiger partial charge in [0, 0.05) is 29.5 Å². The van der Waals surface area contributed by atoms with Crippen LogP contribution in [0.25, 0.3) is 21.3 Å². The van der Waals surface area contributed by atoms with Crippen LogP contribution in [-0.2, 0) is 19.9 Å². The molecule has 0 radical (unpaired) electrons. The van der Waals surface area contributed by atoms with Crippen molar-refractivity contribution in [2.45, 2.75) is 35.8 Å². The van der Waals surface area contributed by atoms with Gasteiger partial charge in [-0.3, -0.25) is 4.79 Å². The molecule has 0 aliphatic carbocycles. The number of aromatic amines is 1. The smallest absolute Gasteiger partial charge is 0.252 e. The second-order valence-electron chi connectivity index (χ2n) is 8.71. The summed E-state index contributed by atoms with van der Waals surface area (Å²) in [6, 6.07) is 7.01. The Labute approximate surface area is 196 Å². The minimum Gasteiger partial charge on any atom is -0.366 e. The van der Waals surface area contributed by atoms with E-state index in [1.165, 1.54) is 15.6 Å². The van der Waals surface area contributed by atoms with Crippen LogP contribution in [0.1, 0.15) is 47.5 Å². The summed E-state index contributed by atoms with van der Waals surface area (Å²) in [5.74, 6) is -0.222. The fraction of sp³-hybridized carbons (Fsp3) is 0.409. The summed E-state index contributed by atoms with van der Waals surface area (Å²) in [7, 11) is -6.52. The average Bonchev–Trinajstić information content (AvgIpc) is 3.53. The van der Waals surface area contributed by atoms with E-state index in [0.717, 1.165) is 28.7 Å². The number of nitrogens with one attached hydrogen (secondary N) is 1. The molecule has 2 aromatic heterocycles. The molecule has 0 atom stereocenters. The lowest BCUT2D eigenvalue weighted by Gasteiger charge is -2.21. The SMILES string of the molecule is NC(=O)c1cc(-c2ccc(S(=O)(=O)N3CCCC3)s2)cc2c(C3CCS(=O)(=O)CC3)c[nH]c12. The first kappa shape index (κ1) is 22.6. The highest BCUT2D eigenvalue weighted by atomic mass is 32.2. The number of carbonyl (C=O) groups excluding carboxylic acids is 1. The molecule has 11 heteroatoms. The molecule has 1 amide bonds. The second-order valence-corrected chi connectivity index (χ2v) is 14.3. The Bertz CT molecular complexity index is 1430. The highest BCUT2D eigenvalue weighted by Crippen LogP contribution is 2.39. The van der Waals surface area contributed by atoms with Crippen molar-refractivity contribution in [2.24, 2.45) is 5.73 Å². The van der Waals surface area contributed by atoms with Crippen LogP contribution in [0.3, 0.4) is 0 Å². The lowest BCUT2D eigenvalue weighted by atomic mass is 9.91. The van der Waals surface area contributed by atoms with Crippen LogP contribution in [0, 0.1) is 0 Å². The number of hydrogen-bond acceptors (Lipinski definition) is 6. The van der Waals surface area contributed by atoms with Gasteiger partial charge in [0.15, 0.2) is 0 Å². The molecule has 2 fully saturated rings. The van der Waals surface area contributed by atoms with Crippen LogP contribution < -0.4 is 5.73 Å². The third kappa shape index (κ3) is 4.11. The quantitative estimate of drug-likeness (QED) is 0.548. The zero-order valence-corrected chi connectivity index (χ0v) is 20.4. The minimum absolute atomic E-state index is 0.0627. The van der Waals surface area contributed by atoms with Gasteiger partial charge in [-0.1, -0.05) is 0 Å². The van der Waals surface area contributed by atoms with Crippen molar-refractivity contribution < 1.29 is 21.6 Å². The van der Waals surface area contributed by atoms with Gasteiger partial charge in [-0.25, -0.2) is 16.8 Å². The van der Waals surface area contributed by atoms with Crippen molar-refractivity contribution in [2.75, 3.05) is 24.6 Å². The van der Waals surface area contributed by atoms with Crippen LogP contribution in [0.4, 0.5) is 0 Å². The number of hydrogen-bond donors (Lipinski definition) is 2. The molecule has 3 N–H and O–H groups in total. The van der Waals surface area contributed by atoms with Crippen molar-refractivity contribution >= 4 is 48.0 Å². The van der Waals surface area contributed by atoms with E-state index in [0.29, 0.717) is 42.6 Å². The molecule has 33 heavy (non-hydrogen) atoms. The number of sulfonamides is 1. The van der Waals surface area contributed by atoms with Crippen molar-refractivity contribution in [3.8, 4) is 10.4 Å². The normalized spacial score (nSPS) is 19.9. The Morgan fingerprint density at radius 3 is 2.48 bits per heavy atom. The van der Waals surface area contributed by atoms with E-state index < -0.39 is 25.8 Å². The van der Waals surface area contributed by atoms with Gasteiger partial charge in [0.2, 0.25) is 0 Å². The molecule has 0 unspecified atom stereocenters. The summed E-state index contributed by atoms with van der Waals surface area (Å²) in [6.45, 7) is 1.08. The van der Waals surface area contributed by atoms with Gasteiger partial charge in [-0.05, 0) is 67.0 Å². The van der Waals surface area contributed by atoms with Crippen molar-refractivity contribution in [3.63, 3.8) is 0 Å². The van der Waals surface area contributed by atoms with Gasteiger partial charge >= 0.3 is 0 Å². The van der Waals surface area contributed by atoms with Crippen molar-refractivity contribution in [3.05, 3.63) is 41.6 Å². The number of sulfone groups is 1.